The number of nitrogens with zero attached hydrogens (tertiary/aromatic N) is 2. The van der Waals surface area contributed by atoms with Crippen molar-refractivity contribution in [2.24, 2.45) is 4.99 Å². The Kier molecular flexibility index (Phi) is 11.4. The molecule has 0 amide bonds. The van der Waals surface area contributed by atoms with Crippen LogP contribution in [0.1, 0.15) is 36.4 Å². The van der Waals surface area contributed by atoms with Crippen LogP contribution in [0.3, 0.4) is 0 Å². The van der Waals surface area contributed by atoms with Crippen molar-refractivity contribution in [3.63, 3.8) is 0 Å². The summed E-state index contributed by atoms with van der Waals surface area (Å²) in [7, 11) is 1.75. The highest BCUT2D eigenvalue weighted by Gasteiger charge is 2.13. The van der Waals surface area contributed by atoms with Gasteiger partial charge in [0.2, 0.25) is 0 Å². The third-order valence-corrected chi connectivity index (χ3v) is 5.03. The van der Waals surface area contributed by atoms with E-state index in [9.17, 15) is 4.39 Å². The molecule has 0 bridgehead atoms. The third-order valence-electron chi connectivity index (χ3n) is 4.02. The Bertz CT molecular complexity index is 702. The monoisotopic (exact) mass is 506 g/mol. The lowest BCUT2D eigenvalue weighted by Gasteiger charge is -2.12. The number of hydrogen-bond donors (Lipinski definition) is 2. The van der Waals surface area contributed by atoms with Crippen molar-refractivity contribution in [3.8, 4) is 0 Å². The Labute approximate surface area is 182 Å². The number of thioether (sulfide) groups is 1. The zero-order chi connectivity index (χ0) is 18.8. The average molecular weight is 506 g/mol. The molecular formula is C19H28FIN4OS. The minimum atomic E-state index is -0.141. The fraction of sp³-hybridized carbons (Fsp3) is 0.474. The van der Waals surface area contributed by atoms with Gasteiger partial charge in [0.1, 0.15) is 11.6 Å². The highest BCUT2D eigenvalue weighted by molar-refractivity contribution is 14.0. The average Bonchev–Trinajstić information content (AvgIpc) is 3.07. The van der Waals surface area contributed by atoms with Crippen molar-refractivity contribution in [1.82, 2.24) is 15.8 Å². The maximum Gasteiger partial charge on any atom is 0.191 e. The number of nitrogens with one attached hydrogen (secondary N) is 2. The zero-order valence-electron chi connectivity index (χ0n) is 16.0. The van der Waals surface area contributed by atoms with E-state index >= 15 is 0 Å². The van der Waals surface area contributed by atoms with E-state index in [4.69, 9.17) is 4.52 Å². The fourth-order valence-corrected chi connectivity index (χ4v) is 3.41. The summed E-state index contributed by atoms with van der Waals surface area (Å²) in [5.74, 6) is 3.05. The largest absolute Gasteiger partial charge is 0.361 e. The Morgan fingerprint density at radius 3 is 2.67 bits per heavy atom. The van der Waals surface area contributed by atoms with Gasteiger partial charge in [-0.25, -0.2) is 4.39 Å². The predicted molar refractivity (Wildman–Crippen MR) is 121 cm³/mol. The first-order chi connectivity index (χ1) is 12.7. The number of guanidine groups is 1. The Morgan fingerprint density at radius 2 is 2.00 bits per heavy atom. The molecule has 0 saturated heterocycles. The van der Waals surface area contributed by atoms with Crippen LogP contribution < -0.4 is 10.6 Å². The van der Waals surface area contributed by atoms with Crippen molar-refractivity contribution in [1.29, 1.82) is 0 Å². The van der Waals surface area contributed by atoms with Gasteiger partial charge in [0.15, 0.2) is 5.96 Å². The summed E-state index contributed by atoms with van der Waals surface area (Å²) in [6.07, 6.45) is 1.67. The van der Waals surface area contributed by atoms with Gasteiger partial charge in [-0.3, -0.25) is 4.99 Å². The number of hydrogen-bond acceptors (Lipinski definition) is 4. The third kappa shape index (κ3) is 7.33. The molecule has 1 aromatic heterocycles. The Balaban J connectivity index is 0.00000364. The maximum absolute atomic E-state index is 13.6. The molecule has 0 atom stereocenters. The number of rotatable bonds is 9. The van der Waals surface area contributed by atoms with Crippen LogP contribution >= 0.6 is 35.7 Å². The van der Waals surface area contributed by atoms with E-state index in [0.29, 0.717) is 12.3 Å². The molecule has 150 valence electrons. The number of aliphatic imine (C=N–C) groups is 1. The minimum absolute atomic E-state index is 0. The maximum atomic E-state index is 13.6. The highest BCUT2D eigenvalue weighted by atomic mass is 127. The molecule has 0 radical (unpaired) electrons. The summed E-state index contributed by atoms with van der Waals surface area (Å²) in [4.78, 5) is 4.24. The Hall–Kier alpha value is -1.29. The zero-order valence-corrected chi connectivity index (χ0v) is 19.2. The van der Waals surface area contributed by atoms with E-state index in [1.54, 1.807) is 24.9 Å². The SMILES string of the molecule is CCc1noc(CC)c1CNC(=NC)NCCSCc1ccccc1F.I. The van der Waals surface area contributed by atoms with E-state index in [2.05, 4.69) is 34.6 Å². The number of halogens is 2. The van der Waals surface area contributed by atoms with Crippen molar-refractivity contribution >= 4 is 41.7 Å². The minimum Gasteiger partial charge on any atom is -0.361 e. The predicted octanol–water partition coefficient (Wildman–Crippen LogP) is 4.15. The molecule has 5 nitrogen and oxygen atoms in total. The molecule has 0 saturated carbocycles. The van der Waals surface area contributed by atoms with Crippen molar-refractivity contribution < 1.29 is 8.91 Å². The first-order valence-corrected chi connectivity index (χ1v) is 10.1. The summed E-state index contributed by atoms with van der Waals surface area (Å²) in [5.41, 5.74) is 2.85. The van der Waals surface area contributed by atoms with E-state index in [-0.39, 0.29) is 29.8 Å². The van der Waals surface area contributed by atoms with Crippen LogP contribution in [0, 0.1) is 5.82 Å². The quantitative estimate of drug-likeness (QED) is 0.232. The molecule has 1 aromatic carbocycles. The molecule has 8 heteroatoms. The van der Waals surface area contributed by atoms with Gasteiger partial charge in [-0.2, -0.15) is 11.8 Å². The van der Waals surface area contributed by atoms with E-state index in [1.165, 1.54) is 6.07 Å². The second-order valence-electron chi connectivity index (χ2n) is 5.73. The first kappa shape index (κ1) is 23.7. The molecule has 1 heterocycles. The van der Waals surface area contributed by atoms with Crippen LogP contribution in [0.4, 0.5) is 4.39 Å². The fourth-order valence-electron chi connectivity index (χ4n) is 2.57. The van der Waals surface area contributed by atoms with Gasteiger partial charge in [0, 0.05) is 43.6 Å². The summed E-state index contributed by atoms with van der Waals surface area (Å²) in [6.45, 7) is 5.52. The molecule has 0 fully saturated rings. The van der Waals surface area contributed by atoms with Crippen LogP contribution in [0.2, 0.25) is 0 Å². The van der Waals surface area contributed by atoms with Gasteiger partial charge < -0.3 is 15.2 Å². The molecule has 27 heavy (non-hydrogen) atoms. The van der Waals surface area contributed by atoms with Crippen molar-refractivity contribution in [2.45, 2.75) is 39.0 Å². The molecular weight excluding hydrogens is 478 g/mol. The molecule has 0 aliphatic heterocycles. The van der Waals surface area contributed by atoms with Crippen molar-refractivity contribution in [2.75, 3.05) is 19.3 Å². The second kappa shape index (κ2) is 13.0. The lowest BCUT2D eigenvalue weighted by atomic mass is 10.1. The smallest absolute Gasteiger partial charge is 0.191 e. The number of aromatic nitrogens is 1. The topological polar surface area (TPSA) is 62.5 Å². The second-order valence-corrected chi connectivity index (χ2v) is 6.84. The molecule has 0 unspecified atom stereocenters. The van der Waals surface area contributed by atoms with Gasteiger partial charge in [0.05, 0.1) is 5.69 Å². The van der Waals surface area contributed by atoms with Gasteiger partial charge in [-0.05, 0) is 18.1 Å². The highest BCUT2D eigenvalue weighted by Crippen LogP contribution is 2.16. The summed E-state index contributed by atoms with van der Waals surface area (Å²) in [6, 6.07) is 6.90. The van der Waals surface area contributed by atoms with Crippen molar-refractivity contribution in [3.05, 3.63) is 52.7 Å². The number of benzene rings is 1. The van der Waals surface area contributed by atoms with Crippen LogP contribution in [0.25, 0.3) is 0 Å². The molecule has 2 N–H and O–H groups in total. The standard InChI is InChI=1S/C19H27FN4OS.HI/c1-4-17-15(18(5-2)25-24-17)12-23-19(21-3)22-10-11-26-13-14-8-6-7-9-16(14)20;/h6-9H,4-5,10-13H2,1-3H3,(H2,21,22,23);1H. The molecule has 2 rings (SSSR count). The van der Waals surface area contributed by atoms with Gasteiger partial charge >= 0.3 is 0 Å². The van der Waals surface area contributed by atoms with Crippen LogP contribution in [-0.2, 0) is 25.1 Å². The van der Waals surface area contributed by atoms with E-state index in [0.717, 1.165) is 53.7 Å². The van der Waals surface area contributed by atoms with E-state index < -0.39 is 0 Å². The van der Waals surface area contributed by atoms with Crippen LogP contribution in [0.15, 0.2) is 33.8 Å². The summed E-state index contributed by atoms with van der Waals surface area (Å²) < 4.78 is 19.0. The molecule has 0 spiro atoms. The molecule has 2 aromatic rings. The normalized spacial score (nSPS) is 11.2. The molecule has 0 aliphatic carbocycles. The lowest BCUT2D eigenvalue weighted by Crippen LogP contribution is -2.38. The first-order valence-electron chi connectivity index (χ1n) is 8.91. The lowest BCUT2D eigenvalue weighted by molar-refractivity contribution is 0.380. The van der Waals surface area contributed by atoms with Crippen LogP contribution in [0.5, 0.6) is 0 Å². The van der Waals surface area contributed by atoms with Crippen LogP contribution in [-0.4, -0.2) is 30.5 Å². The van der Waals surface area contributed by atoms with Gasteiger partial charge in [-0.1, -0.05) is 37.2 Å². The summed E-state index contributed by atoms with van der Waals surface area (Å²) >= 11 is 1.69. The summed E-state index contributed by atoms with van der Waals surface area (Å²) in [5, 5.41) is 10.7. The number of aryl methyl sites for hydroxylation is 2. The van der Waals surface area contributed by atoms with Gasteiger partial charge in [-0.15, -0.1) is 24.0 Å². The van der Waals surface area contributed by atoms with E-state index in [1.807, 2.05) is 12.1 Å². The van der Waals surface area contributed by atoms with Gasteiger partial charge in [0.25, 0.3) is 0 Å². The Morgan fingerprint density at radius 1 is 1.22 bits per heavy atom. The molecule has 0 aliphatic rings.